The molecule has 0 saturated carbocycles. The predicted molar refractivity (Wildman–Crippen MR) is 79.7 cm³/mol. The molecule has 0 aliphatic carbocycles. The van der Waals surface area contributed by atoms with Gasteiger partial charge in [0.05, 0.1) is 5.69 Å². The van der Waals surface area contributed by atoms with Crippen LogP contribution in [-0.4, -0.2) is 10.2 Å². The minimum atomic E-state index is 0.566. The third-order valence-corrected chi connectivity index (χ3v) is 3.30. The molecule has 0 radical (unpaired) electrons. The maximum atomic E-state index is 5.92. The van der Waals surface area contributed by atoms with Crippen molar-refractivity contribution in [2.75, 3.05) is 5.73 Å². The summed E-state index contributed by atoms with van der Waals surface area (Å²) >= 11 is 2.31. The average molecular weight is 341 g/mol. The molecule has 1 heterocycles. The molecule has 90 valence electrons. The minimum absolute atomic E-state index is 0.566. The van der Waals surface area contributed by atoms with Crippen molar-refractivity contribution in [1.29, 1.82) is 0 Å². The number of aromatic amines is 1. The van der Waals surface area contributed by atoms with Crippen molar-refractivity contribution in [2.45, 2.75) is 20.3 Å². The zero-order valence-corrected chi connectivity index (χ0v) is 12.2. The van der Waals surface area contributed by atoms with Crippen LogP contribution in [0.4, 0.5) is 5.82 Å². The van der Waals surface area contributed by atoms with Crippen LogP contribution in [0, 0.1) is 9.49 Å². The number of H-pyrrole nitrogens is 1. The summed E-state index contributed by atoms with van der Waals surface area (Å²) < 4.78 is 1.21. The van der Waals surface area contributed by atoms with Gasteiger partial charge in [-0.25, -0.2) is 0 Å². The van der Waals surface area contributed by atoms with Gasteiger partial charge >= 0.3 is 0 Å². The molecule has 2 aromatic rings. The predicted octanol–water partition coefficient (Wildman–Crippen LogP) is 3.46. The van der Waals surface area contributed by atoms with Crippen LogP contribution < -0.4 is 5.73 Å². The second-order valence-electron chi connectivity index (χ2n) is 4.57. The molecular weight excluding hydrogens is 325 g/mol. The molecule has 0 unspecified atom stereocenters. The average Bonchev–Trinajstić information content (AvgIpc) is 2.60. The Morgan fingerprint density at radius 1 is 1.41 bits per heavy atom. The Labute approximate surface area is 115 Å². The number of nitrogens with two attached hydrogens (primary N) is 1. The monoisotopic (exact) mass is 341 g/mol. The lowest BCUT2D eigenvalue weighted by atomic mass is 9.99. The Kier molecular flexibility index (Phi) is 3.71. The number of hydrogen-bond acceptors (Lipinski definition) is 2. The van der Waals surface area contributed by atoms with E-state index in [-0.39, 0.29) is 0 Å². The van der Waals surface area contributed by atoms with Gasteiger partial charge in [-0.3, -0.25) is 5.10 Å². The second kappa shape index (κ2) is 5.08. The fourth-order valence-corrected chi connectivity index (χ4v) is 2.42. The van der Waals surface area contributed by atoms with Crippen LogP contribution in [0.1, 0.15) is 19.4 Å². The third-order valence-electron chi connectivity index (χ3n) is 2.62. The van der Waals surface area contributed by atoms with Gasteiger partial charge in [0.15, 0.2) is 0 Å². The molecule has 3 N–H and O–H groups in total. The van der Waals surface area contributed by atoms with Gasteiger partial charge in [0, 0.05) is 14.7 Å². The number of nitrogens with zero attached hydrogens (tertiary/aromatic N) is 1. The van der Waals surface area contributed by atoms with Crippen molar-refractivity contribution in [3.63, 3.8) is 0 Å². The molecule has 0 aliphatic rings. The van der Waals surface area contributed by atoms with Gasteiger partial charge in [-0.2, -0.15) is 5.10 Å². The molecular formula is C13H16IN3. The van der Waals surface area contributed by atoms with Crippen LogP contribution in [0.15, 0.2) is 24.3 Å². The van der Waals surface area contributed by atoms with Crippen molar-refractivity contribution < 1.29 is 0 Å². The molecule has 3 nitrogen and oxygen atoms in total. The van der Waals surface area contributed by atoms with Crippen LogP contribution >= 0.6 is 22.6 Å². The highest BCUT2D eigenvalue weighted by molar-refractivity contribution is 14.1. The summed E-state index contributed by atoms with van der Waals surface area (Å²) in [6.45, 7) is 4.37. The summed E-state index contributed by atoms with van der Waals surface area (Å²) in [6, 6.07) is 8.34. The molecule has 1 aromatic heterocycles. The van der Waals surface area contributed by atoms with E-state index in [0.29, 0.717) is 11.7 Å². The van der Waals surface area contributed by atoms with Gasteiger partial charge in [0.1, 0.15) is 5.82 Å². The highest BCUT2D eigenvalue weighted by atomic mass is 127. The topological polar surface area (TPSA) is 54.7 Å². The van der Waals surface area contributed by atoms with Gasteiger partial charge in [0.25, 0.3) is 0 Å². The molecule has 0 saturated heterocycles. The van der Waals surface area contributed by atoms with Crippen molar-refractivity contribution in [3.05, 3.63) is 33.4 Å². The summed E-state index contributed by atoms with van der Waals surface area (Å²) in [5.41, 5.74) is 9.25. The van der Waals surface area contributed by atoms with Crippen LogP contribution in [0.5, 0.6) is 0 Å². The highest BCUT2D eigenvalue weighted by Crippen LogP contribution is 2.28. The number of nitrogens with one attached hydrogen (secondary N) is 1. The molecule has 0 bridgehead atoms. The van der Waals surface area contributed by atoms with Crippen molar-refractivity contribution in [3.8, 4) is 11.3 Å². The summed E-state index contributed by atoms with van der Waals surface area (Å²) in [7, 11) is 0. The van der Waals surface area contributed by atoms with E-state index >= 15 is 0 Å². The Hall–Kier alpha value is -1.04. The van der Waals surface area contributed by atoms with Gasteiger partial charge < -0.3 is 5.73 Å². The van der Waals surface area contributed by atoms with E-state index in [1.165, 1.54) is 3.57 Å². The first kappa shape index (κ1) is 12.4. The SMILES string of the molecule is CC(C)Cc1c(N)n[nH]c1-c1cccc(I)c1. The maximum Gasteiger partial charge on any atom is 0.149 e. The van der Waals surface area contributed by atoms with Gasteiger partial charge in [-0.15, -0.1) is 0 Å². The summed E-state index contributed by atoms with van der Waals surface area (Å²) in [5.74, 6) is 1.18. The van der Waals surface area contributed by atoms with Gasteiger partial charge in [-0.1, -0.05) is 26.0 Å². The smallest absolute Gasteiger partial charge is 0.149 e. The molecule has 0 spiro atoms. The summed E-state index contributed by atoms with van der Waals surface area (Å²) in [5, 5.41) is 7.17. The number of anilines is 1. The maximum absolute atomic E-state index is 5.92. The number of rotatable bonds is 3. The Morgan fingerprint density at radius 3 is 2.82 bits per heavy atom. The molecule has 4 heteroatoms. The molecule has 17 heavy (non-hydrogen) atoms. The molecule has 0 fully saturated rings. The van der Waals surface area contributed by atoms with E-state index in [2.05, 4.69) is 64.8 Å². The van der Waals surface area contributed by atoms with Crippen molar-refractivity contribution in [1.82, 2.24) is 10.2 Å². The van der Waals surface area contributed by atoms with Crippen LogP contribution in [-0.2, 0) is 6.42 Å². The van der Waals surface area contributed by atoms with Gasteiger partial charge in [0.2, 0.25) is 0 Å². The highest BCUT2D eigenvalue weighted by Gasteiger charge is 2.13. The fraction of sp³-hybridized carbons (Fsp3) is 0.308. The quantitative estimate of drug-likeness (QED) is 0.840. The van der Waals surface area contributed by atoms with E-state index in [1.807, 2.05) is 6.07 Å². The van der Waals surface area contributed by atoms with E-state index < -0.39 is 0 Å². The minimum Gasteiger partial charge on any atom is -0.382 e. The first-order chi connectivity index (χ1) is 8.08. The molecule has 0 amide bonds. The largest absolute Gasteiger partial charge is 0.382 e. The second-order valence-corrected chi connectivity index (χ2v) is 5.82. The molecule has 1 aromatic carbocycles. The van der Waals surface area contributed by atoms with E-state index in [9.17, 15) is 0 Å². The summed E-state index contributed by atoms with van der Waals surface area (Å²) in [4.78, 5) is 0. The summed E-state index contributed by atoms with van der Waals surface area (Å²) in [6.07, 6.45) is 0.948. The fourth-order valence-electron chi connectivity index (χ4n) is 1.88. The lowest BCUT2D eigenvalue weighted by Crippen LogP contribution is -1.99. The molecule has 0 atom stereocenters. The lowest BCUT2D eigenvalue weighted by molar-refractivity contribution is 0.649. The van der Waals surface area contributed by atoms with Crippen LogP contribution in [0.3, 0.4) is 0 Å². The molecule has 0 aliphatic heterocycles. The Bertz CT molecular complexity index is 517. The number of aromatic nitrogens is 2. The first-order valence-corrected chi connectivity index (χ1v) is 6.74. The lowest BCUT2D eigenvalue weighted by Gasteiger charge is -2.07. The Morgan fingerprint density at radius 2 is 2.18 bits per heavy atom. The number of hydrogen-bond donors (Lipinski definition) is 2. The van der Waals surface area contributed by atoms with Crippen LogP contribution in [0.2, 0.25) is 0 Å². The zero-order valence-electron chi connectivity index (χ0n) is 10.00. The molecule has 2 rings (SSSR count). The van der Waals surface area contributed by atoms with Crippen molar-refractivity contribution in [2.24, 2.45) is 5.92 Å². The van der Waals surface area contributed by atoms with Crippen LogP contribution in [0.25, 0.3) is 11.3 Å². The van der Waals surface area contributed by atoms with E-state index in [1.54, 1.807) is 0 Å². The zero-order chi connectivity index (χ0) is 12.4. The third kappa shape index (κ3) is 2.80. The number of benzene rings is 1. The van der Waals surface area contributed by atoms with Crippen molar-refractivity contribution >= 4 is 28.4 Å². The number of nitrogen functional groups attached to an aromatic ring is 1. The normalized spacial score (nSPS) is 11.1. The Balaban J connectivity index is 2.45. The first-order valence-electron chi connectivity index (χ1n) is 5.66. The van der Waals surface area contributed by atoms with E-state index in [4.69, 9.17) is 5.73 Å². The number of halogens is 1. The van der Waals surface area contributed by atoms with Gasteiger partial charge in [-0.05, 0) is 47.1 Å². The van der Waals surface area contributed by atoms with E-state index in [0.717, 1.165) is 23.2 Å². The standard InChI is InChI=1S/C13H16IN3/c1-8(2)6-11-12(16-17-13(11)15)9-4-3-5-10(14)7-9/h3-5,7-8H,6H2,1-2H3,(H3,15,16,17).